The summed E-state index contributed by atoms with van der Waals surface area (Å²) < 4.78 is 0. The number of nitrogens with zero attached hydrogens (tertiary/aromatic N) is 1. The summed E-state index contributed by atoms with van der Waals surface area (Å²) in [4.78, 5) is 47.1. The molecule has 110 valence electrons. The largest absolute Gasteiger partial charge is 0.481 e. The van der Waals surface area contributed by atoms with E-state index >= 15 is 0 Å². The monoisotopic (exact) mass is 291 g/mol. The van der Waals surface area contributed by atoms with Crippen LogP contribution in [0.4, 0.5) is 0 Å². The van der Waals surface area contributed by atoms with E-state index in [9.17, 15) is 19.2 Å². The van der Waals surface area contributed by atoms with E-state index in [4.69, 9.17) is 10.2 Å². The minimum Gasteiger partial charge on any atom is -0.481 e. The quantitative estimate of drug-likeness (QED) is 0.775. The van der Waals surface area contributed by atoms with Crippen molar-refractivity contribution in [3.63, 3.8) is 0 Å². The number of carbonyl (C=O) groups is 4. The maximum absolute atomic E-state index is 12.4. The highest BCUT2D eigenvalue weighted by Crippen LogP contribution is 2.28. The lowest BCUT2D eigenvalue weighted by atomic mass is 10.0. The first-order valence-corrected chi connectivity index (χ1v) is 6.32. The summed E-state index contributed by atoms with van der Waals surface area (Å²) in [7, 11) is 0. The Balaban J connectivity index is 2.49. The van der Waals surface area contributed by atoms with E-state index in [1.54, 1.807) is 12.1 Å². The zero-order chi connectivity index (χ0) is 15.7. The van der Waals surface area contributed by atoms with E-state index < -0.39 is 36.2 Å². The van der Waals surface area contributed by atoms with Crippen LogP contribution in [0.25, 0.3) is 0 Å². The first kappa shape index (κ1) is 14.7. The first-order chi connectivity index (χ1) is 9.88. The number of carbonyl (C=O) groups excluding carboxylic acids is 2. The summed E-state index contributed by atoms with van der Waals surface area (Å²) in [5.41, 5.74) is 0.922. The Labute approximate surface area is 119 Å². The second-order valence-electron chi connectivity index (χ2n) is 4.63. The van der Waals surface area contributed by atoms with Gasteiger partial charge in [0.15, 0.2) is 0 Å². The van der Waals surface area contributed by atoms with E-state index in [0.29, 0.717) is 16.9 Å². The molecule has 0 saturated carbocycles. The van der Waals surface area contributed by atoms with Gasteiger partial charge in [-0.25, -0.2) is 4.79 Å². The minimum absolute atomic E-state index is 0.121. The number of hydrogen-bond acceptors (Lipinski definition) is 4. The number of aryl methyl sites for hydroxylation is 1. The van der Waals surface area contributed by atoms with Gasteiger partial charge in [0.25, 0.3) is 11.8 Å². The van der Waals surface area contributed by atoms with Crippen molar-refractivity contribution < 1.29 is 29.4 Å². The molecule has 1 aliphatic heterocycles. The number of hydrogen-bond donors (Lipinski definition) is 2. The molecule has 2 amide bonds. The third-order valence-corrected chi connectivity index (χ3v) is 3.38. The van der Waals surface area contributed by atoms with Crippen molar-refractivity contribution in [1.82, 2.24) is 4.90 Å². The molecule has 0 bridgehead atoms. The lowest BCUT2D eigenvalue weighted by Crippen LogP contribution is -2.46. The van der Waals surface area contributed by atoms with Crippen LogP contribution >= 0.6 is 0 Å². The van der Waals surface area contributed by atoms with Gasteiger partial charge in [0.05, 0.1) is 17.5 Å². The Morgan fingerprint density at radius 3 is 2.38 bits per heavy atom. The molecule has 0 aromatic heterocycles. The van der Waals surface area contributed by atoms with Crippen molar-refractivity contribution in [3.8, 4) is 0 Å². The predicted molar refractivity (Wildman–Crippen MR) is 70.0 cm³/mol. The Morgan fingerprint density at radius 2 is 1.86 bits per heavy atom. The highest BCUT2D eigenvalue weighted by atomic mass is 16.4. The molecule has 7 nitrogen and oxygen atoms in total. The summed E-state index contributed by atoms with van der Waals surface area (Å²) in [5, 5.41) is 17.9. The topological polar surface area (TPSA) is 112 Å². The van der Waals surface area contributed by atoms with E-state index in [1.807, 2.05) is 6.92 Å². The van der Waals surface area contributed by atoms with Crippen LogP contribution in [0, 0.1) is 0 Å². The molecule has 0 saturated heterocycles. The Kier molecular flexibility index (Phi) is 3.75. The van der Waals surface area contributed by atoms with Crippen molar-refractivity contribution in [2.24, 2.45) is 0 Å². The Hall–Kier alpha value is -2.70. The molecule has 1 aromatic carbocycles. The molecule has 1 atom stereocenters. The van der Waals surface area contributed by atoms with E-state index in [2.05, 4.69) is 0 Å². The zero-order valence-electron chi connectivity index (χ0n) is 11.2. The number of amides is 2. The number of benzene rings is 1. The molecule has 1 heterocycles. The van der Waals surface area contributed by atoms with Gasteiger partial charge in [-0.3, -0.25) is 19.3 Å². The molecular weight excluding hydrogens is 278 g/mol. The van der Waals surface area contributed by atoms with Crippen LogP contribution in [0.2, 0.25) is 0 Å². The van der Waals surface area contributed by atoms with Crippen LogP contribution in [0.15, 0.2) is 18.2 Å². The summed E-state index contributed by atoms with van der Waals surface area (Å²) in [6, 6.07) is 3.02. The predicted octanol–water partition coefficient (Wildman–Crippen LogP) is 0.773. The van der Waals surface area contributed by atoms with E-state index in [-0.39, 0.29) is 11.1 Å². The Morgan fingerprint density at radius 1 is 1.19 bits per heavy atom. The van der Waals surface area contributed by atoms with Gasteiger partial charge < -0.3 is 10.2 Å². The minimum atomic E-state index is -1.71. The van der Waals surface area contributed by atoms with Crippen molar-refractivity contribution in [2.75, 3.05) is 0 Å². The van der Waals surface area contributed by atoms with Gasteiger partial charge >= 0.3 is 11.9 Å². The van der Waals surface area contributed by atoms with Crippen LogP contribution in [-0.4, -0.2) is 44.9 Å². The van der Waals surface area contributed by atoms with Crippen molar-refractivity contribution in [1.29, 1.82) is 0 Å². The second kappa shape index (κ2) is 5.35. The number of fused-ring (bicyclic) bond motifs is 1. The number of rotatable bonds is 5. The summed E-state index contributed by atoms with van der Waals surface area (Å²) >= 11 is 0. The van der Waals surface area contributed by atoms with Crippen LogP contribution in [-0.2, 0) is 16.0 Å². The smallest absolute Gasteiger partial charge is 0.327 e. The average Bonchev–Trinajstić information content (AvgIpc) is 2.68. The molecule has 0 radical (unpaired) electrons. The fraction of sp³-hybridized carbons (Fsp3) is 0.286. The van der Waals surface area contributed by atoms with Gasteiger partial charge in [0.1, 0.15) is 6.04 Å². The van der Waals surface area contributed by atoms with Gasteiger partial charge in [0.2, 0.25) is 0 Å². The molecule has 1 aromatic rings. The third-order valence-electron chi connectivity index (χ3n) is 3.38. The lowest BCUT2D eigenvalue weighted by Gasteiger charge is -2.20. The summed E-state index contributed by atoms with van der Waals surface area (Å²) in [5.74, 6) is -4.43. The molecule has 0 aliphatic carbocycles. The summed E-state index contributed by atoms with van der Waals surface area (Å²) in [6.45, 7) is 1.81. The average molecular weight is 291 g/mol. The molecule has 21 heavy (non-hydrogen) atoms. The number of imide groups is 1. The Bertz CT molecular complexity index is 651. The van der Waals surface area contributed by atoms with Crippen LogP contribution < -0.4 is 0 Å². The standard InChI is InChI=1S/C14H13NO6/c1-2-7-4-3-5-8-11(7)13(19)15(12(8)18)9(14(20)21)6-10(16)17/h3-5,9H,2,6H2,1H3,(H,16,17)(H,20,21). The van der Waals surface area contributed by atoms with Crippen LogP contribution in [0.3, 0.4) is 0 Å². The number of carboxylic acids is 2. The van der Waals surface area contributed by atoms with Crippen LogP contribution in [0.5, 0.6) is 0 Å². The number of aliphatic carboxylic acids is 2. The molecule has 0 fully saturated rings. The van der Waals surface area contributed by atoms with Crippen molar-refractivity contribution in [3.05, 3.63) is 34.9 Å². The highest BCUT2D eigenvalue weighted by Gasteiger charge is 2.44. The maximum Gasteiger partial charge on any atom is 0.327 e. The molecular formula is C14H13NO6. The van der Waals surface area contributed by atoms with Gasteiger partial charge in [0, 0.05) is 0 Å². The molecule has 1 aliphatic rings. The normalized spacial score (nSPS) is 15.0. The first-order valence-electron chi connectivity index (χ1n) is 6.32. The van der Waals surface area contributed by atoms with Crippen LogP contribution in [0.1, 0.15) is 39.6 Å². The SMILES string of the molecule is CCc1cccc2c1C(=O)N(C(CC(=O)O)C(=O)O)C2=O. The summed E-state index contributed by atoms with van der Waals surface area (Å²) in [6.07, 6.45) is -0.324. The van der Waals surface area contributed by atoms with Crippen molar-refractivity contribution in [2.45, 2.75) is 25.8 Å². The van der Waals surface area contributed by atoms with Crippen molar-refractivity contribution >= 4 is 23.8 Å². The third kappa shape index (κ3) is 2.37. The van der Waals surface area contributed by atoms with Gasteiger partial charge in [-0.05, 0) is 18.1 Å². The van der Waals surface area contributed by atoms with Gasteiger partial charge in [-0.1, -0.05) is 19.1 Å². The fourth-order valence-corrected chi connectivity index (χ4v) is 2.41. The lowest BCUT2D eigenvalue weighted by molar-refractivity contribution is -0.147. The highest BCUT2D eigenvalue weighted by molar-refractivity contribution is 6.23. The fourth-order valence-electron chi connectivity index (χ4n) is 2.41. The van der Waals surface area contributed by atoms with E-state index in [0.717, 1.165) is 0 Å². The number of carboxylic acid groups (broad SMARTS) is 2. The zero-order valence-corrected chi connectivity index (χ0v) is 11.2. The van der Waals surface area contributed by atoms with Gasteiger partial charge in [-0.2, -0.15) is 0 Å². The molecule has 7 heteroatoms. The second-order valence-corrected chi connectivity index (χ2v) is 4.63. The molecule has 0 spiro atoms. The molecule has 1 unspecified atom stereocenters. The van der Waals surface area contributed by atoms with E-state index in [1.165, 1.54) is 6.07 Å². The molecule has 2 rings (SSSR count). The molecule has 2 N–H and O–H groups in total. The van der Waals surface area contributed by atoms with Gasteiger partial charge in [-0.15, -0.1) is 0 Å². The maximum atomic E-state index is 12.4.